The van der Waals surface area contributed by atoms with Gasteiger partial charge in [0.25, 0.3) is 0 Å². The second kappa shape index (κ2) is 2.60. The number of nitrogens with one attached hydrogen (secondary N) is 2. The van der Waals surface area contributed by atoms with Gasteiger partial charge in [-0.1, -0.05) is 0 Å². The van der Waals surface area contributed by atoms with Crippen LogP contribution in [0.1, 0.15) is 5.56 Å². The Bertz CT molecular complexity index is 511. The number of nitriles is 1. The molecule has 0 aliphatic heterocycles. The molecule has 2 aromatic heterocycles. The number of nitrogens with zero attached hydrogens (tertiary/aromatic N) is 4. The molecule has 0 aliphatic rings. The van der Waals surface area contributed by atoms with Crippen molar-refractivity contribution in [3.8, 4) is 11.9 Å². The standard InChI is InChI=1S/C6H4N6O/c7-1-4-2-8-10-5(4)12-3-9-11-6(12)13/h2-3H,(H,8,10)(H,11,13). The Hall–Kier alpha value is -2.36. The molecule has 0 fully saturated rings. The number of rotatable bonds is 1. The van der Waals surface area contributed by atoms with Gasteiger partial charge in [0.05, 0.1) is 6.20 Å². The van der Waals surface area contributed by atoms with Gasteiger partial charge in [-0.05, 0) is 0 Å². The van der Waals surface area contributed by atoms with Crippen LogP contribution in [0.15, 0.2) is 17.3 Å². The summed E-state index contributed by atoms with van der Waals surface area (Å²) in [7, 11) is 0. The molecule has 2 aromatic rings. The van der Waals surface area contributed by atoms with Gasteiger partial charge in [-0.3, -0.25) is 5.10 Å². The Balaban J connectivity index is 2.67. The van der Waals surface area contributed by atoms with Crippen molar-refractivity contribution in [2.75, 3.05) is 0 Å². The molecule has 0 aliphatic carbocycles. The molecule has 0 saturated carbocycles. The van der Waals surface area contributed by atoms with Gasteiger partial charge in [-0.25, -0.2) is 14.5 Å². The van der Waals surface area contributed by atoms with Gasteiger partial charge in [0.15, 0.2) is 5.82 Å². The highest BCUT2D eigenvalue weighted by Crippen LogP contribution is 2.04. The second-order valence-electron chi connectivity index (χ2n) is 2.28. The van der Waals surface area contributed by atoms with Gasteiger partial charge in [-0.15, -0.1) is 0 Å². The quantitative estimate of drug-likeness (QED) is 0.590. The maximum Gasteiger partial charge on any atom is 0.348 e. The third-order valence-electron chi connectivity index (χ3n) is 1.53. The number of aromatic amines is 2. The molecule has 0 radical (unpaired) electrons. The summed E-state index contributed by atoms with van der Waals surface area (Å²) in [5.74, 6) is 0.321. The molecule has 0 bridgehead atoms. The monoisotopic (exact) mass is 176 g/mol. The van der Waals surface area contributed by atoms with Crippen LogP contribution in [-0.4, -0.2) is 25.0 Å². The van der Waals surface area contributed by atoms with E-state index >= 15 is 0 Å². The van der Waals surface area contributed by atoms with E-state index in [9.17, 15) is 4.79 Å². The number of hydrogen-bond donors (Lipinski definition) is 2. The normalized spacial score (nSPS) is 9.77. The molecular formula is C6H4N6O. The summed E-state index contributed by atoms with van der Waals surface area (Å²) in [5, 5.41) is 20.5. The Morgan fingerprint density at radius 3 is 2.92 bits per heavy atom. The van der Waals surface area contributed by atoms with E-state index in [1.54, 1.807) is 0 Å². The number of aromatic nitrogens is 5. The maximum absolute atomic E-state index is 11.1. The Labute approximate surface area is 71.6 Å². The molecule has 0 unspecified atom stereocenters. The molecule has 2 rings (SSSR count). The predicted octanol–water partition coefficient (Wildman–Crippen LogP) is -0.845. The van der Waals surface area contributed by atoms with Gasteiger partial charge in [0.2, 0.25) is 0 Å². The minimum atomic E-state index is -0.416. The third-order valence-corrected chi connectivity index (χ3v) is 1.53. The highest BCUT2D eigenvalue weighted by atomic mass is 16.1. The Morgan fingerprint density at radius 2 is 2.31 bits per heavy atom. The zero-order valence-corrected chi connectivity index (χ0v) is 6.35. The summed E-state index contributed by atoms with van der Waals surface area (Å²) >= 11 is 0. The van der Waals surface area contributed by atoms with Crippen molar-refractivity contribution < 1.29 is 0 Å². The average molecular weight is 176 g/mol. The fourth-order valence-electron chi connectivity index (χ4n) is 0.952. The summed E-state index contributed by atoms with van der Waals surface area (Å²) in [6.07, 6.45) is 2.62. The van der Waals surface area contributed by atoms with Gasteiger partial charge >= 0.3 is 5.69 Å². The van der Waals surface area contributed by atoms with Crippen molar-refractivity contribution in [2.24, 2.45) is 0 Å². The maximum atomic E-state index is 11.1. The van der Waals surface area contributed by atoms with E-state index in [2.05, 4.69) is 20.4 Å². The lowest BCUT2D eigenvalue weighted by Crippen LogP contribution is -2.15. The van der Waals surface area contributed by atoms with Crippen molar-refractivity contribution in [3.63, 3.8) is 0 Å². The first-order valence-electron chi connectivity index (χ1n) is 3.39. The summed E-state index contributed by atoms with van der Waals surface area (Å²) in [6, 6.07) is 1.90. The van der Waals surface area contributed by atoms with Crippen LogP contribution in [-0.2, 0) is 0 Å². The van der Waals surface area contributed by atoms with Crippen molar-refractivity contribution in [1.82, 2.24) is 25.0 Å². The highest BCUT2D eigenvalue weighted by molar-refractivity contribution is 5.40. The fraction of sp³-hybridized carbons (Fsp3) is 0. The summed E-state index contributed by atoms with van der Waals surface area (Å²) in [5.41, 5.74) is -0.121. The van der Waals surface area contributed by atoms with Crippen LogP contribution < -0.4 is 5.69 Å². The van der Waals surface area contributed by atoms with Crippen molar-refractivity contribution in [2.45, 2.75) is 0 Å². The molecule has 2 heterocycles. The number of hydrogen-bond acceptors (Lipinski definition) is 4. The molecule has 0 spiro atoms. The first-order chi connectivity index (χ1) is 6.33. The van der Waals surface area contributed by atoms with Crippen LogP contribution in [0.3, 0.4) is 0 Å². The van der Waals surface area contributed by atoms with Crippen LogP contribution in [0, 0.1) is 11.3 Å². The summed E-state index contributed by atoms with van der Waals surface area (Å²) < 4.78 is 1.17. The number of H-pyrrole nitrogens is 2. The summed E-state index contributed by atoms with van der Waals surface area (Å²) in [4.78, 5) is 11.1. The Morgan fingerprint density at radius 1 is 1.46 bits per heavy atom. The minimum Gasteiger partial charge on any atom is -0.261 e. The van der Waals surface area contributed by atoms with Gasteiger partial charge in [-0.2, -0.15) is 15.5 Å². The molecular weight excluding hydrogens is 172 g/mol. The SMILES string of the molecule is N#Cc1cn[nH]c1-n1cn[nH]c1=O. The highest BCUT2D eigenvalue weighted by Gasteiger charge is 2.08. The van der Waals surface area contributed by atoms with E-state index < -0.39 is 5.69 Å². The van der Waals surface area contributed by atoms with Crippen molar-refractivity contribution in [3.05, 3.63) is 28.6 Å². The second-order valence-corrected chi connectivity index (χ2v) is 2.28. The first kappa shape index (κ1) is 7.30. The largest absolute Gasteiger partial charge is 0.348 e. The van der Waals surface area contributed by atoms with E-state index in [1.165, 1.54) is 17.1 Å². The van der Waals surface area contributed by atoms with E-state index in [4.69, 9.17) is 5.26 Å². The zero-order chi connectivity index (χ0) is 9.26. The minimum absolute atomic E-state index is 0.295. The molecule has 7 heteroatoms. The topological polar surface area (TPSA) is 103 Å². The summed E-state index contributed by atoms with van der Waals surface area (Å²) in [6.45, 7) is 0. The molecule has 0 amide bonds. The Kier molecular flexibility index (Phi) is 1.46. The molecule has 7 nitrogen and oxygen atoms in total. The first-order valence-corrected chi connectivity index (χ1v) is 3.39. The lowest BCUT2D eigenvalue weighted by Gasteiger charge is -1.92. The molecule has 2 N–H and O–H groups in total. The van der Waals surface area contributed by atoms with Gasteiger partial charge in [0, 0.05) is 0 Å². The van der Waals surface area contributed by atoms with E-state index in [0.717, 1.165) is 0 Å². The molecule has 0 atom stereocenters. The van der Waals surface area contributed by atoms with Crippen LogP contribution in [0.2, 0.25) is 0 Å². The average Bonchev–Trinajstić information content (AvgIpc) is 2.71. The molecule has 13 heavy (non-hydrogen) atoms. The fourth-order valence-corrected chi connectivity index (χ4v) is 0.952. The van der Waals surface area contributed by atoms with Gasteiger partial charge in [0.1, 0.15) is 18.0 Å². The van der Waals surface area contributed by atoms with Crippen LogP contribution >= 0.6 is 0 Å². The van der Waals surface area contributed by atoms with E-state index in [-0.39, 0.29) is 0 Å². The smallest absolute Gasteiger partial charge is 0.261 e. The van der Waals surface area contributed by atoms with Crippen LogP contribution in [0.5, 0.6) is 0 Å². The molecule has 64 valence electrons. The van der Waals surface area contributed by atoms with Crippen molar-refractivity contribution >= 4 is 0 Å². The van der Waals surface area contributed by atoms with Crippen LogP contribution in [0.25, 0.3) is 5.82 Å². The van der Waals surface area contributed by atoms with E-state index in [1.807, 2.05) is 6.07 Å². The van der Waals surface area contributed by atoms with Crippen molar-refractivity contribution in [1.29, 1.82) is 5.26 Å². The lowest BCUT2D eigenvalue weighted by molar-refractivity contribution is 0.915. The predicted molar refractivity (Wildman–Crippen MR) is 41.0 cm³/mol. The third kappa shape index (κ3) is 1.01. The lowest BCUT2D eigenvalue weighted by atomic mass is 10.4. The van der Waals surface area contributed by atoms with Gasteiger partial charge < -0.3 is 0 Å². The molecule has 0 aromatic carbocycles. The zero-order valence-electron chi connectivity index (χ0n) is 6.35. The van der Waals surface area contributed by atoms with Crippen LogP contribution in [0.4, 0.5) is 0 Å². The molecule has 0 saturated heterocycles. The van der Waals surface area contributed by atoms with E-state index in [0.29, 0.717) is 11.4 Å².